The zero-order valence-corrected chi connectivity index (χ0v) is 16.8. The van der Waals surface area contributed by atoms with Crippen LogP contribution in [0.15, 0.2) is 54.2 Å². The Morgan fingerprint density at radius 1 is 1.17 bits per heavy atom. The molecule has 1 saturated heterocycles. The van der Waals surface area contributed by atoms with Crippen molar-refractivity contribution in [2.75, 3.05) is 34.3 Å². The summed E-state index contributed by atoms with van der Waals surface area (Å²) in [5.41, 5.74) is 1.05. The smallest absolute Gasteiger partial charge is 0.295 e. The summed E-state index contributed by atoms with van der Waals surface area (Å²) in [6.45, 7) is 1.17. The van der Waals surface area contributed by atoms with E-state index in [-0.39, 0.29) is 11.3 Å². The van der Waals surface area contributed by atoms with Crippen molar-refractivity contribution in [1.29, 1.82) is 0 Å². The maximum absolute atomic E-state index is 12.9. The van der Waals surface area contributed by atoms with E-state index in [1.54, 1.807) is 55.8 Å². The third-order valence-electron chi connectivity index (χ3n) is 4.88. The second-order valence-electron chi connectivity index (χ2n) is 7.13. The van der Waals surface area contributed by atoms with Crippen molar-refractivity contribution >= 4 is 17.4 Å². The van der Waals surface area contributed by atoms with Crippen LogP contribution >= 0.6 is 0 Å². The van der Waals surface area contributed by atoms with Gasteiger partial charge in [-0.25, -0.2) is 0 Å². The Bertz CT molecular complexity index is 907. The molecule has 0 unspecified atom stereocenters. The van der Waals surface area contributed by atoms with E-state index in [9.17, 15) is 14.7 Å². The minimum absolute atomic E-state index is 0.0590. The van der Waals surface area contributed by atoms with E-state index < -0.39 is 17.7 Å². The molecule has 7 heteroatoms. The molecule has 0 aliphatic carbocycles. The van der Waals surface area contributed by atoms with E-state index in [2.05, 4.69) is 4.98 Å². The average Bonchev–Trinajstić information content (AvgIpc) is 2.98. The number of pyridine rings is 1. The zero-order chi connectivity index (χ0) is 21.0. The molecule has 1 atom stereocenters. The zero-order valence-electron chi connectivity index (χ0n) is 16.8. The monoisotopic (exact) mass is 395 g/mol. The maximum Gasteiger partial charge on any atom is 0.295 e. The summed E-state index contributed by atoms with van der Waals surface area (Å²) in [7, 11) is 5.46. The molecule has 1 amide bonds. The number of aromatic nitrogens is 1. The molecule has 29 heavy (non-hydrogen) atoms. The van der Waals surface area contributed by atoms with Crippen LogP contribution in [0.3, 0.4) is 0 Å². The highest BCUT2D eigenvalue weighted by Gasteiger charge is 2.46. The molecule has 1 aromatic heterocycles. The minimum Gasteiger partial charge on any atom is -0.507 e. The second-order valence-corrected chi connectivity index (χ2v) is 7.13. The van der Waals surface area contributed by atoms with Gasteiger partial charge < -0.3 is 19.6 Å². The SMILES string of the molecule is COc1ccc(C(O)=C2C(=O)C(=O)N(CCCN(C)C)[C@H]2c2ccccn2)cc1. The lowest BCUT2D eigenvalue weighted by Crippen LogP contribution is -2.32. The summed E-state index contributed by atoms with van der Waals surface area (Å²) in [5, 5.41) is 10.9. The quantitative estimate of drug-likeness (QED) is 0.441. The number of aliphatic hydroxyl groups is 1. The summed E-state index contributed by atoms with van der Waals surface area (Å²) in [4.78, 5) is 33.5. The molecule has 0 bridgehead atoms. The average molecular weight is 395 g/mol. The van der Waals surface area contributed by atoms with Gasteiger partial charge in [-0.15, -0.1) is 0 Å². The Balaban J connectivity index is 2.05. The van der Waals surface area contributed by atoms with Crippen molar-refractivity contribution < 1.29 is 19.4 Å². The molecular weight excluding hydrogens is 370 g/mol. The van der Waals surface area contributed by atoms with Crippen LogP contribution in [0, 0.1) is 0 Å². The Hall–Kier alpha value is -3.19. The first-order valence-electron chi connectivity index (χ1n) is 9.42. The molecule has 1 N–H and O–H groups in total. The maximum atomic E-state index is 12.9. The summed E-state index contributed by atoms with van der Waals surface area (Å²) < 4.78 is 5.14. The lowest BCUT2D eigenvalue weighted by atomic mass is 9.98. The number of ketones is 1. The predicted molar refractivity (Wildman–Crippen MR) is 109 cm³/mol. The van der Waals surface area contributed by atoms with Gasteiger partial charge in [-0.05, 0) is 63.5 Å². The fraction of sp³-hybridized carbons (Fsp3) is 0.318. The number of aliphatic hydroxyl groups excluding tert-OH is 1. The number of likely N-dealkylation sites (tertiary alicyclic amines) is 1. The molecule has 0 saturated carbocycles. The van der Waals surface area contributed by atoms with Crippen molar-refractivity contribution in [3.63, 3.8) is 0 Å². The van der Waals surface area contributed by atoms with E-state index in [1.165, 1.54) is 4.90 Å². The number of hydrogen-bond acceptors (Lipinski definition) is 6. The Labute approximate surface area is 170 Å². The van der Waals surface area contributed by atoms with Gasteiger partial charge in [0.25, 0.3) is 11.7 Å². The normalized spacial score (nSPS) is 18.5. The lowest BCUT2D eigenvalue weighted by molar-refractivity contribution is -0.140. The molecule has 2 heterocycles. The first kappa shape index (κ1) is 20.5. The number of rotatable bonds is 7. The van der Waals surface area contributed by atoms with Crippen LogP contribution in [0.5, 0.6) is 5.75 Å². The number of nitrogens with zero attached hydrogens (tertiary/aromatic N) is 3. The van der Waals surface area contributed by atoms with Crippen LogP contribution in [0.4, 0.5) is 0 Å². The summed E-state index contributed by atoms with van der Waals surface area (Å²) >= 11 is 0. The fourth-order valence-electron chi connectivity index (χ4n) is 3.42. The van der Waals surface area contributed by atoms with Gasteiger partial charge in [-0.3, -0.25) is 14.6 Å². The van der Waals surface area contributed by atoms with Gasteiger partial charge in [-0.1, -0.05) is 6.07 Å². The molecule has 152 valence electrons. The van der Waals surface area contributed by atoms with Gasteiger partial charge in [0.15, 0.2) is 0 Å². The third-order valence-corrected chi connectivity index (χ3v) is 4.88. The molecule has 1 aliphatic heterocycles. The highest BCUT2D eigenvalue weighted by molar-refractivity contribution is 6.46. The number of carbonyl (C=O) groups excluding carboxylic acids is 2. The summed E-state index contributed by atoms with van der Waals surface area (Å²) in [5.74, 6) is -0.892. The van der Waals surface area contributed by atoms with Crippen molar-refractivity contribution in [2.45, 2.75) is 12.5 Å². The topological polar surface area (TPSA) is 83.0 Å². The Morgan fingerprint density at radius 2 is 1.90 bits per heavy atom. The molecule has 3 rings (SSSR count). The second kappa shape index (κ2) is 8.87. The number of Topliss-reactive ketones (excluding diaryl/α,β-unsaturated/α-hetero) is 1. The van der Waals surface area contributed by atoms with Crippen molar-refractivity contribution in [3.8, 4) is 5.75 Å². The molecule has 0 spiro atoms. The van der Waals surface area contributed by atoms with E-state index >= 15 is 0 Å². The fourth-order valence-corrected chi connectivity index (χ4v) is 3.42. The van der Waals surface area contributed by atoms with Crippen LogP contribution in [-0.4, -0.2) is 65.9 Å². The van der Waals surface area contributed by atoms with Gasteiger partial charge in [0.1, 0.15) is 17.6 Å². The number of amides is 1. The van der Waals surface area contributed by atoms with E-state index in [4.69, 9.17) is 4.74 Å². The van der Waals surface area contributed by atoms with E-state index in [0.717, 1.165) is 6.54 Å². The largest absolute Gasteiger partial charge is 0.507 e. The van der Waals surface area contributed by atoms with Gasteiger partial charge in [0.2, 0.25) is 0 Å². The minimum atomic E-state index is -0.722. The van der Waals surface area contributed by atoms with Crippen molar-refractivity contribution in [2.24, 2.45) is 0 Å². The third kappa shape index (κ3) is 4.30. The van der Waals surface area contributed by atoms with Crippen LogP contribution < -0.4 is 4.74 Å². The van der Waals surface area contributed by atoms with E-state index in [0.29, 0.717) is 30.0 Å². The summed E-state index contributed by atoms with van der Waals surface area (Å²) in [6.07, 6.45) is 2.31. The number of carbonyl (C=O) groups is 2. The first-order valence-corrected chi connectivity index (χ1v) is 9.42. The number of benzene rings is 1. The van der Waals surface area contributed by atoms with Gasteiger partial charge >= 0.3 is 0 Å². The standard InChI is InChI=1S/C22H25N3O4/c1-24(2)13-6-14-25-19(17-7-4-5-12-23-17)18(21(27)22(25)28)20(26)15-8-10-16(29-3)11-9-15/h4-5,7-12,19,26H,6,13-14H2,1-3H3/t19-/m0/s1. The Morgan fingerprint density at radius 3 is 2.48 bits per heavy atom. The van der Waals surface area contributed by atoms with E-state index in [1.807, 2.05) is 19.0 Å². The predicted octanol–water partition coefficient (Wildman–Crippen LogP) is 2.46. The lowest BCUT2D eigenvalue weighted by Gasteiger charge is -2.25. The van der Waals surface area contributed by atoms with Crippen LogP contribution in [-0.2, 0) is 9.59 Å². The number of hydrogen-bond donors (Lipinski definition) is 1. The highest BCUT2D eigenvalue weighted by Crippen LogP contribution is 2.38. The Kier molecular flexibility index (Phi) is 6.29. The molecular formula is C22H25N3O4. The molecule has 0 radical (unpaired) electrons. The molecule has 2 aromatic rings. The van der Waals surface area contributed by atoms with Crippen LogP contribution in [0.25, 0.3) is 5.76 Å². The van der Waals surface area contributed by atoms with Gasteiger partial charge in [0.05, 0.1) is 18.4 Å². The van der Waals surface area contributed by atoms with Crippen molar-refractivity contribution in [1.82, 2.24) is 14.8 Å². The first-order chi connectivity index (χ1) is 13.9. The van der Waals surface area contributed by atoms with Crippen LogP contribution in [0.2, 0.25) is 0 Å². The number of methoxy groups -OCH3 is 1. The number of ether oxygens (including phenoxy) is 1. The molecule has 1 aromatic carbocycles. The molecule has 7 nitrogen and oxygen atoms in total. The highest BCUT2D eigenvalue weighted by atomic mass is 16.5. The summed E-state index contributed by atoms with van der Waals surface area (Å²) in [6, 6.07) is 11.3. The van der Waals surface area contributed by atoms with Gasteiger partial charge in [-0.2, -0.15) is 0 Å². The van der Waals surface area contributed by atoms with Crippen molar-refractivity contribution in [3.05, 3.63) is 65.5 Å². The van der Waals surface area contributed by atoms with Gasteiger partial charge in [0, 0.05) is 18.3 Å². The molecule has 1 fully saturated rings. The van der Waals surface area contributed by atoms with Crippen LogP contribution in [0.1, 0.15) is 23.7 Å². The molecule has 1 aliphatic rings.